The van der Waals surface area contributed by atoms with Gasteiger partial charge in [0.05, 0.1) is 12.7 Å². The van der Waals surface area contributed by atoms with E-state index in [4.69, 9.17) is 0 Å². The van der Waals surface area contributed by atoms with Crippen molar-refractivity contribution < 1.29 is 22.7 Å². The van der Waals surface area contributed by atoms with Gasteiger partial charge in [-0.2, -0.15) is 13.2 Å². The molecule has 0 aliphatic rings. The van der Waals surface area contributed by atoms with Crippen LogP contribution in [0.5, 0.6) is 5.75 Å². The first-order valence-corrected chi connectivity index (χ1v) is 4.19. The zero-order valence-electron chi connectivity index (χ0n) is 8.26. The number of hydrogen-bond acceptors (Lipinski definition) is 2. The topological polar surface area (TPSA) is 26.3 Å². The van der Waals surface area contributed by atoms with Gasteiger partial charge in [0, 0.05) is 5.56 Å². The van der Waals surface area contributed by atoms with Crippen molar-refractivity contribution in [3.63, 3.8) is 0 Å². The summed E-state index contributed by atoms with van der Waals surface area (Å²) in [7, 11) is 1.14. The largest absolute Gasteiger partial charge is 0.496 e. The van der Waals surface area contributed by atoms with E-state index in [2.05, 4.69) is 16.6 Å². The number of hydrogen-bond donors (Lipinski definition) is 0. The van der Waals surface area contributed by atoms with E-state index in [0.29, 0.717) is 6.29 Å². The molecule has 16 heavy (non-hydrogen) atoms. The van der Waals surface area contributed by atoms with Crippen molar-refractivity contribution in [3.05, 3.63) is 29.3 Å². The monoisotopic (exact) mass is 228 g/mol. The Morgan fingerprint density at radius 1 is 1.38 bits per heavy atom. The summed E-state index contributed by atoms with van der Waals surface area (Å²) in [6.07, 6.45) is -4.11. The van der Waals surface area contributed by atoms with Gasteiger partial charge in [-0.05, 0) is 24.1 Å². The number of rotatable bonds is 1. The molecule has 1 rings (SSSR count). The summed E-state index contributed by atoms with van der Waals surface area (Å²) in [5, 5.41) is 0. The first kappa shape index (κ1) is 12.1. The van der Waals surface area contributed by atoms with E-state index in [1.807, 2.05) is 0 Å². The molecule has 0 heterocycles. The zero-order valence-corrected chi connectivity index (χ0v) is 8.26. The van der Waals surface area contributed by atoms with Crippen molar-refractivity contribution in [2.75, 3.05) is 7.11 Å². The molecule has 0 spiro atoms. The highest BCUT2D eigenvalue weighted by Crippen LogP contribution is 2.36. The van der Waals surface area contributed by atoms with Crippen LogP contribution < -0.4 is 4.74 Å². The third-order valence-electron chi connectivity index (χ3n) is 1.78. The molecule has 0 radical (unpaired) electrons. The van der Waals surface area contributed by atoms with Crippen LogP contribution >= 0.6 is 0 Å². The Morgan fingerprint density at radius 2 is 2.06 bits per heavy atom. The van der Waals surface area contributed by atoms with E-state index in [1.54, 1.807) is 0 Å². The molecule has 1 aromatic rings. The molecular weight excluding hydrogens is 221 g/mol. The molecule has 2 nitrogen and oxygen atoms in total. The standard InChI is InChI=1S/C11H7F3O2/c1-16-10-7-8(3-2-6-15)4-5-9(10)11(12,13)14/h4-7H,1H3. The molecule has 0 aromatic heterocycles. The van der Waals surface area contributed by atoms with Gasteiger partial charge in [0.15, 0.2) is 6.29 Å². The number of halogens is 3. The lowest BCUT2D eigenvalue weighted by Crippen LogP contribution is -2.07. The summed E-state index contributed by atoms with van der Waals surface area (Å²) in [5.41, 5.74) is -0.580. The van der Waals surface area contributed by atoms with Gasteiger partial charge in [0.2, 0.25) is 0 Å². The summed E-state index contributed by atoms with van der Waals surface area (Å²) in [6.45, 7) is 0. The second-order valence-electron chi connectivity index (χ2n) is 2.80. The minimum atomic E-state index is -4.47. The molecule has 0 atom stereocenters. The maximum atomic E-state index is 12.4. The lowest BCUT2D eigenvalue weighted by Gasteiger charge is -2.11. The fraction of sp³-hybridized carbons (Fsp3) is 0.182. The summed E-state index contributed by atoms with van der Waals surface area (Å²) in [6, 6.07) is 3.19. The molecular formula is C11H7F3O2. The van der Waals surface area contributed by atoms with Gasteiger partial charge in [-0.3, -0.25) is 4.79 Å². The van der Waals surface area contributed by atoms with Gasteiger partial charge in [-0.1, -0.05) is 5.92 Å². The molecule has 1 aromatic carbocycles. The average Bonchev–Trinajstić information content (AvgIpc) is 2.24. The number of methoxy groups -OCH3 is 1. The van der Waals surface area contributed by atoms with Crippen LogP contribution in [0.15, 0.2) is 18.2 Å². The smallest absolute Gasteiger partial charge is 0.419 e. The molecule has 0 bridgehead atoms. The fourth-order valence-corrected chi connectivity index (χ4v) is 1.12. The molecule has 5 heteroatoms. The van der Waals surface area contributed by atoms with Gasteiger partial charge >= 0.3 is 6.18 Å². The van der Waals surface area contributed by atoms with Crippen LogP contribution in [0, 0.1) is 11.8 Å². The maximum Gasteiger partial charge on any atom is 0.419 e. The third kappa shape index (κ3) is 2.76. The van der Waals surface area contributed by atoms with Crippen LogP contribution in [0.3, 0.4) is 0 Å². The molecule has 0 N–H and O–H groups in total. The number of alkyl halides is 3. The lowest BCUT2D eigenvalue weighted by molar-refractivity contribution is -0.138. The van der Waals surface area contributed by atoms with Crippen LogP contribution in [-0.2, 0) is 11.0 Å². The second-order valence-corrected chi connectivity index (χ2v) is 2.80. The lowest BCUT2D eigenvalue weighted by atomic mass is 10.1. The highest BCUT2D eigenvalue weighted by atomic mass is 19.4. The SMILES string of the molecule is COc1cc(C#CC=O)ccc1C(F)(F)F. The Kier molecular flexibility index (Phi) is 3.56. The summed E-state index contributed by atoms with van der Waals surface area (Å²) < 4.78 is 42.0. The normalized spacial score (nSPS) is 10.2. The third-order valence-corrected chi connectivity index (χ3v) is 1.78. The Balaban J connectivity index is 3.22. The van der Waals surface area contributed by atoms with E-state index >= 15 is 0 Å². The van der Waals surface area contributed by atoms with Crippen molar-refractivity contribution in [1.82, 2.24) is 0 Å². The summed E-state index contributed by atoms with van der Waals surface area (Å²) in [4.78, 5) is 9.97. The highest BCUT2D eigenvalue weighted by Gasteiger charge is 2.34. The van der Waals surface area contributed by atoms with E-state index in [1.165, 1.54) is 6.07 Å². The van der Waals surface area contributed by atoms with Crippen LogP contribution in [0.2, 0.25) is 0 Å². The molecule has 0 fully saturated rings. The fourth-order valence-electron chi connectivity index (χ4n) is 1.12. The Hall–Kier alpha value is -1.96. The first-order chi connectivity index (χ1) is 7.49. The van der Waals surface area contributed by atoms with Gasteiger partial charge < -0.3 is 4.74 Å². The van der Waals surface area contributed by atoms with E-state index < -0.39 is 11.7 Å². The molecule has 0 unspecified atom stereocenters. The molecule has 0 aliphatic carbocycles. The number of ether oxygens (including phenoxy) is 1. The van der Waals surface area contributed by atoms with Crippen molar-refractivity contribution in [2.45, 2.75) is 6.18 Å². The van der Waals surface area contributed by atoms with Gasteiger partial charge in [0.1, 0.15) is 5.75 Å². The Labute approximate surface area is 90.0 Å². The summed E-state index contributed by atoms with van der Waals surface area (Å²) in [5.74, 6) is 4.17. The second kappa shape index (κ2) is 4.71. The van der Waals surface area contributed by atoms with Crippen molar-refractivity contribution in [1.29, 1.82) is 0 Å². The zero-order chi connectivity index (χ0) is 12.2. The average molecular weight is 228 g/mol. The van der Waals surface area contributed by atoms with Gasteiger partial charge in [-0.15, -0.1) is 0 Å². The van der Waals surface area contributed by atoms with Crippen LogP contribution in [0.25, 0.3) is 0 Å². The minimum Gasteiger partial charge on any atom is -0.496 e. The molecule has 0 amide bonds. The molecule has 84 valence electrons. The maximum absolute atomic E-state index is 12.4. The van der Waals surface area contributed by atoms with Crippen molar-refractivity contribution in [3.8, 4) is 17.6 Å². The number of carbonyl (C=O) groups is 1. The first-order valence-electron chi connectivity index (χ1n) is 4.19. The van der Waals surface area contributed by atoms with Crippen molar-refractivity contribution >= 4 is 6.29 Å². The van der Waals surface area contributed by atoms with Gasteiger partial charge in [-0.25, -0.2) is 0 Å². The molecule has 0 saturated heterocycles. The van der Waals surface area contributed by atoms with E-state index in [0.717, 1.165) is 19.2 Å². The molecule has 0 saturated carbocycles. The highest BCUT2D eigenvalue weighted by molar-refractivity contribution is 5.74. The number of benzene rings is 1. The van der Waals surface area contributed by atoms with Crippen LogP contribution in [0.1, 0.15) is 11.1 Å². The van der Waals surface area contributed by atoms with E-state index in [-0.39, 0.29) is 11.3 Å². The van der Waals surface area contributed by atoms with Crippen LogP contribution in [0.4, 0.5) is 13.2 Å². The predicted molar refractivity (Wildman–Crippen MR) is 50.9 cm³/mol. The van der Waals surface area contributed by atoms with E-state index in [9.17, 15) is 18.0 Å². The summed E-state index contributed by atoms with van der Waals surface area (Å²) >= 11 is 0. The quantitative estimate of drug-likeness (QED) is 0.544. The number of carbonyl (C=O) groups excluding carboxylic acids is 1. The Bertz CT molecular complexity index is 453. The predicted octanol–water partition coefficient (Wildman–Crippen LogP) is 2.26. The molecule has 0 aliphatic heterocycles. The number of aldehydes is 1. The van der Waals surface area contributed by atoms with Crippen LogP contribution in [-0.4, -0.2) is 13.4 Å². The Morgan fingerprint density at radius 3 is 2.56 bits per heavy atom. The minimum absolute atomic E-state index is 0.289. The van der Waals surface area contributed by atoms with Crippen molar-refractivity contribution in [2.24, 2.45) is 0 Å². The van der Waals surface area contributed by atoms with Gasteiger partial charge in [0.25, 0.3) is 0 Å².